The van der Waals surface area contributed by atoms with Gasteiger partial charge in [0.2, 0.25) is 15.0 Å². The van der Waals surface area contributed by atoms with Crippen molar-refractivity contribution >= 4 is 15.6 Å². The molecule has 0 atom stereocenters. The van der Waals surface area contributed by atoms with Gasteiger partial charge >= 0.3 is 0 Å². The van der Waals surface area contributed by atoms with Crippen molar-refractivity contribution in [3.63, 3.8) is 0 Å². The molecule has 0 unspecified atom stereocenters. The third-order valence-corrected chi connectivity index (χ3v) is 5.68. The van der Waals surface area contributed by atoms with Gasteiger partial charge in [-0.25, -0.2) is 13.4 Å². The minimum absolute atomic E-state index is 0.0475. The summed E-state index contributed by atoms with van der Waals surface area (Å²) < 4.78 is 27.1. The maximum atomic E-state index is 12.7. The van der Waals surface area contributed by atoms with E-state index in [1.165, 1.54) is 13.1 Å². The summed E-state index contributed by atoms with van der Waals surface area (Å²) in [6.45, 7) is 9.48. The maximum Gasteiger partial charge on any atom is 0.227 e. The number of ketones is 1. The molecule has 1 heterocycles. The van der Waals surface area contributed by atoms with Crippen LogP contribution in [0.5, 0.6) is 0 Å². The first-order valence-electron chi connectivity index (χ1n) is 7.53. The highest BCUT2D eigenvalue weighted by Crippen LogP contribution is 2.26. The molecule has 0 aliphatic rings. The Morgan fingerprint density at radius 1 is 1.22 bits per heavy atom. The Kier molecular flexibility index (Phi) is 4.75. The Hall–Kier alpha value is -1.95. The molecule has 0 saturated heterocycles. The fraction of sp³-hybridized carbons (Fsp3) is 0.412. The molecule has 0 aliphatic heterocycles. The first-order chi connectivity index (χ1) is 10.7. The summed E-state index contributed by atoms with van der Waals surface area (Å²) in [4.78, 5) is 15.9. The number of imidazole rings is 1. The second-order valence-corrected chi connectivity index (χ2v) is 7.68. The van der Waals surface area contributed by atoms with Crippen molar-refractivity contribution < 1.29 is 13.2 Å². The Morgan fingerprint density at radius 3 is 2.43 bits per heavy atom. The van der Waals surface area contributed by atoms with Crippen molar-refractivity contribution in [3.8, 4) is 0 Å². The van der Waals surface area contributed by atoms with Crippen molar-refractivity contribution in [2.45, 2.75) is 52.1 Å². The zero-order valence-electron chi connectivity index (χ0n) is 14.2. The topological polar surface area (TPSA) is 69.0 Å². The number of benzene rings is 1. The molecule has 0 fully saturated rings. The molecule has 0 bridgehead atoms. The predicted molar refractivity (Wildman–Crippen MR) is 89.4 cm³/mol. The second kappa shape index (κ2) is 6.28. The van der Waals surface area contributed by atoms with Crippen LogP contribution in [0.25, 0.3) is 0 Å². The highest BCUT2D eigenvalue weighted by atomic mass is 32.2. The number of hydrogen-bond acceptors (Lipinski definition) is 4. The molecular formula is C17H22N2O3S. The third-order valence-electron chi connectivity index (χ3n) is 4.11. The molecule has 0 saturated carbocycles. The van der Waals surface area contributed by atoms with Gasteiger partial charge in [0, 0.05) is 24.5 Å². The number of carbonyl (C=O) groups is 1. The molecule has 0 N–H and O–H groups in total. The summed E-state index contributed by atoms with van der Waals surface area (Å²) in [7, 11) is -3.57. The summed E-state index contributed by atoms with van der Waals surface area (Å²) in [5.41, 5.74) is 3.80. The Bertz CT molecular complexity index is 864. The van der Waals surface area contributed by atoms with E-state index in [1.807, 2.05) is 33.8 Å². The van der Waals surface area contributed by atoms with Crippen LogP contribution in [0, 0.1) is 20.8 Å². The number of hydrogen-bond donors (Lipinski definition) is 0. The van der Waals surface area contributed by atoms with Crippen molar-refractivity contribution in [3.05, 3.63) is 46.3 Å². The lowest BCUT2D eigenvalue weighted by molar-refractivity contribution is 0.101. The predicted octanol–water partition coefficient (Wildman–Crippen LogP) is 3.00. The van der Waals surface area contributed by atoms with E-state index in [4.69, 9.17) is 0 Å². The van der Waals surface area contributed by atoms with Crippen molar-refractivity contribution in [2.75, 3.05) is 0 Å². The largest absolute Gasteiger partial charge is 0.322 e. The number of carbonyl (C=O) groups excluding carboxylic acids is 1. The molecule has 124 valence electrons. The van der Waals surface area contributed by atoms with Crippen LogP contribution >= 0.6 is 0 Å². The van der Waals surface area contributed by atoms with Gasteiger partial charge in [0.1, 0.15) is 0 Å². The van der Waals surface area contributed by atoms with Gasteiger partial charge < -0.3 is 4.57 Å². The Labute approximate surface area is 137 Å². The zero-order valence-corrected chi connectivity index (χ0v) is 15.0. The average molecular weight is 334 g/mol. The normalized spacial score (nSPS) is 11.7. The monoisotopic (exact) mass is 334 g/mol. The van der Waals surface area contributed by atoms with Gasteiger partial charge in [-0.15, -0.1) is 0 Å². The van der Waals surface area contributed by atoms with E-state index in [0.29, 0.717) is 17.7 Å². The number of aryl methyl sites for hydroxylation is 3. The van der Waals surface area contributed by atoms with Gasteiger partial charge in [0.05, 0.1) is 5.75 Å². The SMILES string of the molecule is CCn1ccnc1S(=O)(=O)Cc1c(C)cc(C)c(C(C)=O)c1C. The lowest BCUT2D eigenvalue weighted by atomic mass is 9.92. The average Bonchev–Trinajstić information content (AvgIpc) is 2.92. The second-order valence-electron chi connectivity index (χ2n) is 5.80. The minimum Gasteiger partial charge on any atom is -0.322 e. The summed E-state index contributed by atoms with van der Waals surface area (Å²) in [5, 5.41) is 0.0729. The lowest BCUT2D eigenvalue weighted by Gasteiger charge is -2.16. The van der Waals surface area contributed by atoms with E-state index in [9.17, 15) is 13.2 Å². The fourth-order valence-corrected chi connectivity index (χ4v) is 4.78. The molecule has 0 spiro atoms. The van der Waals surface area contributed by atoms with Gasteiger partial charge in [-0.05, 0) is 56.9 Å². The summed E-state index contributed by atoms with van der Waals surface area (Å²) >= 11 is 0. The van der Waals surface area contributed by atoms with Gasteiger partial charge in [-0.3, -0.25) is 4.79 Å². The molecule has 5 nitrogen and oxygen atoms in total. The Balaban J connectivity index is 2.56. The zero-order chi connectivity index (χ0) is 17.4. The van der Waals surface area contributed by atoms with E-state index in [2.05, 4.69) is 4.98 Å². The number of rotatable bonds is 5. The van der Waals surface area contributed by atoms with Gasteiger partial charge in [-0.2, -0.15) is 0 Å². The van der Waals surface area contributed by atoms with E-state index >= 15 is 0 Å². The molecule has 0 amide bonds. The summed E-state index contributed by atoms with van der Waals surface area (Å²) in [6.07, 6.45) is 3.15. The molecule has 0 aliphatic carbocycles. The quantitative estimate of drug-likeness (QED) is 0.788. The molecule has 6 heteroatoms. The minimum atomic E-state index is -3.57. The number of sulfone groups is 1. The molecule has 2 rings (SSSR count). The number of aromatic nitrogens is 2. The van der Waals surface area contributed by atoms with E-state index in [0.717, 1.165) is 16.7 Å². The molecular weight excluding hydrogens is 312 g/mol. The van der Waals surface area contributed by atoms with Crippen LogP contribution in [0.2, 0.25) is 0 Å². The first-order valence-corrected chi connectivity index (χ1v) is 9.18. The standard InChI is InChI=1S/C17H22N2O3S/c1-6-19-8-7-18-17(19)23(21,22)10-15-11(2)9-12(3)16(13(15)4)14(5)20/h7-9H,6,10H2,1-5H3. The van der Waals surface area contributed by atoms with Gasteiger partial charge in [0.25, 0.3) is 0 Å². The highest BCUT2D eigenvalue weighted by Gasteiger charge is 2.24. The van der Waals surface area contributed by atoms with Crippen LogP contribution in [0.15, 0.2) is 23.6 Å². The number of Topliss-reactive ketones (excluding diaryl/α,β-unsaturated/α-hetero) is 1. The van der Waals surface area contributed by atoms with Crippen LogP contribution in [-0.2, 0) is 22.1 Å². The molecule has 23 heavy (non-hydrogen) atoms. The van der Waals surface area contributed by atoms with Crippen LogP contribution in [0.4, 0.5) is 0 Å². The number of nitrogens with zero attached hydrogens (tertiary/aromatic N) is 2. The van der Waals surface area contributed by atoms with Crippen LogP contribution < -0.4 is 0 Å². The van der Waals surface area contributed by atoms with E-state index in [-0.39, 0.29) is 16.7 Å². The van der Waals surface area contributed by atoms with Gasteiger partial charge in [0.15, 0.2) is 5.78 Å². The molecule has 0 radical (unpaired) electrons. The Morgan fingerprint density at radius 2 is 1.87 bits per heavy atom. The summed E-state index contributed by atoms with van der Waals surface area (Å²) in [6, 6.07) is 1.88. The maximum absolute atomic E-state index is 12.7. The van der Waals surface area contributed by atoms with Crippen molar-refractivity contribution in [2.24, 2.45) is 0 Å². The fourth-order valence-electron chi connectivity index (χ4n) is 3.06. The van der Waals surface area contributed by atoms with Crippen LogP contribution in [0.3, 0.4) is 0 Å². The van der Waals surface area contributed by atoms with Crippen molar-refractivity contribution in [1.29, 1.82) is 0 Å². The van der Waals surface area contributed by atoms with Crippen LogP contribution in [-0.4, -0.2) is 23.8 Å². The molecule has 1 aromatic carbocycles. The molecule has 2 aromatic rings. The lowest BCUT2D eigenvalue weighted by Crippen LogP contribution is -2.15. The highest BCUT2D eigenvalue weighted by molar-refractivity contribution is 7.90. The van der Waals surface area contributed by atoms with E-state index in [1.54, 1.807) is 10.8 Å². The first kappa shape index (κ1) is 17.4. The molecule has 1 aromatic heterocycles. The van der Waals surface area contributed by atoms with E-state index < -0.39 is 9.84 Å². The smallest absolute Gasteiger partial charge is 0.227 e. The van der Waals surface area contributed by atoms with Crippen molar-refractivity contribution in [1.82, 2.24) is 9.55 Å². The van der Waals surface area contributed by atoms with Crippen LogP contribution in [0.1, 0.15) is 46.5 Å². The summed E-state index contributed by atoms with van der Waals surface area (Å²) in [5.74, 6) is -0.198. The third kappa shape index (κ3) is 3.22. The van der Waals surface area contributed by atoms with Gasteiger partial charge in [-0.1, -0.05) is 6.07 Å².